The van der Waals surface area contributed by atoms with Gasteiger partial charge >= 0.3 is 5.97 Å². The Labute approximate surface area is 98.1 Å². The summed E-state index contributed by atoms with van der Waals surface area (Å²) in [6.07, 6.45) is 4.28. The highest BCUT2D eigenvalue weighted by Gasteiger charge is 2.13. The van der Waals surface area contributed by atoms with E-state index in [1.165, 1.54) is 0 Å². The van der Waals surface area contributed by atoms with Crippen LogP contribution in [0.5, 0.6) is 0 Å². The minimum Gasteiger partial charge on any atom is -0.483 e. The molecule has 0 aliphatic heterocycles. The molecule has 16 heavy (non-hydrogen) atoms. The molecule has 92 valence electrons. The Kier molecular flexibility index (Phi) is 7.34. The molecule has 0 aromatic carbocycles. The van der Waals surface area contributed by atoms with Gasteiger partial charge in [-0.15, -0.1) is 0 Å². The zero-order valence-electron chi connectivity index (χ0n) is 10.9. The predicted octanol–water partition coefficient (Wildman–Crippen LogP) is 3.21. The molecular formula is C13H22O3. The van der Waals surface area contributed by atoms with Crippen LogP contribution in [0.15, 0.2) is 23.5 Å². The van der Waals surface area contributed by atoms with Crippen LogP contribution in [-0.4, -0.2) is 18.7 Å². The average Bonchev–Trinajstić information content (AvgIpc) is 2.14. The van der Waals surface area contributed by atoms with Crippen molar-refractivity contribution in [3.05, 3.63) is 23.5 Å². The molecule has 0 atom stereocenters. The monoisotopic (exact) mass is 226 g/mol. The second-order valence-electron chi connectivity index (χ2n) is 4.02. The minimum absolute atomic E-state index is 0.125. The van der Waals surface area contributed by atoms with E-state index in [1.807, 2.05) is 40.7 Å². The highest BCUT2D eigenvalue weighted by molar-refractivity contribution is 5.86. The lowest BCUT2D eigenvalue weighted by molar-refractivity contribution is -0.146. The maximum absolute atomic E-state index is 11.6. The quantitative estimate of drug-likeness (QED) is 0.302. The van der Waals surface area contributed by atoms with Crippen molar-refractivity contribution >= 4 is 5.97 Å². The molecule has 0 aliphatic rings. The lowest BCUT2D eigenvalue weighted by Gasteiger charge is -2.11. The molecule has 0 heterocycles. The van der Waals surface area contributed by atoms with E-state index in [4.69, 9.17) is 9.47 Å². The van der Waals surface area contributed by atoms with Crippen molar-refractivity contribution < 1.29 is 14.3 Å². The van der Waals surface area contributed by atoms with E-state index in [2.05, 4.69) is 0 Å². The first kappa shape index (κ1) is 14.8. The number of ether oxygens (including phenoxy) is 2. The van der Waals surface area contributed by atoms with E-state index in [9.17, 15) is 4.79 Å². The molecule has 0 N–H and O–H groups in total. The molecule has 0 saturated carbocycles. The molecular weight excluding hydrogens is 204 g/mol. The van der Waals surface area contributed by atoms with Gasteiger partial charge in [-0.2, -0.15) is 0 Å². The number of esters is 1. The molecule has 0 saturated heterocycles. The summed E-state index contributed by atoms with van der Waals surface area (Å²) in [4.78, 5) is 11.6. The van der Waals surface area contributed by atoms with Gasteiger partial charge in [0.15, 0.2) is 0 Å². The first-order chi connectivity index (χ1) is 7.47. The summed E-state index contributed by atoms with van der Waals surface area (Å²) in [7, 11) is 0. The Bertz CT molecular complexity index is 271. The van der Waals surface area contributed by atoms with E-state index in [1.54, 1.807) is 6.08 Å². The summed E-state index contributed by atoms with van der Waals surface area (Å²) in [6.45, 7) is 9.96. The Balaban J connectivity index is 4.34. The van der Waals surface area contributed by atoms with Crippen molar-refractivity contribution in [3.8, 4) is 0 Å². The van der Waals surface area contributed by atoms with E-state index < -0.39 is 0 Å². The van der Waals surface area contributed by atoms with Gasteiger partial charge in [-0.3, -0.25) is 0 Å². The number of carbonyl (C=O) groups is 1. The fourth-order valence-corrected chi connectivity index (χ4v) is 0.957. The maximum Gasteiger partial charge on any atom is 0.373 e. The van der Waals surface area contributed by atoms with Gasteiger partial charge in [0.05, 0.1) is 6.10 Å². The van der Waals surface area contributed by atoms with Crippen LogP contribution in [0, 0.1) is 0 Å². The van der Waals surface area contributed by atoms with Gasteiger partial charge < -0.3 is 9.47 Å². The van der Waals surface area contributed by atoms with Gasteiger partial charge in [0, 0.05) is 0 Å². The third-order valence-corrected chi connectivity index (χ3v) is 1.66. The Morgan fingerprint density at radius 1 is 1.25 bits per heavy atom. The molecule has 0 radical (unpaired) electrons. The SMILES string of the molecule is CC/C=C(/OCC=C(C)C)C(=O)OC(C)C. The molecule has 0 aromatic heterocycles. The molecule has 0 bridgehead atoms. The Morgan fingerprint density at radius 2 is 1.88 bits per heavy atom. The molecule has 0 aliphatic carbocycles. The molecule has 3 heteroatoms. The zero-order chi connectivity index (χ0) is 12.6. The highest BCUT2D eigenvalue weighted by Crippen LogP contribution is 2.05. The highest BCUT2D eigenvalue weighted by atomic mass is 16.6. The smallest absolute Gasteiger partial charge is 0.373 e. The van der Waals surface area contributed by atoms with Gasteiger partial charge in [0.1, 0.15) is 6.61 Å². The predicted molar refractivity (Wildman–Crippen MR) is 65.0 cm³/mol. The van der Waals surface area contributed by atoms with E-state index in [0.29, 0.717) is 12.4 Å². The largest absolute Gasteiger partial charge is 0.483 e. The van der Waals surface area contributed by atoms with Crippen molar-refractivity contribution in [1.29, 1.82) is 0 Å². The molecule has 0 rings (SSSR count). The van der Waals surface area contributed by atoms with Crippen LogP contribution in [0.4, 0.5) is 0 Å². The minimum atomic E-state index is -0.390. The Morgan fingerprint density at radius 3 is 2.31 bits per heavy atom. The molecule has 0 spiro atoms. The topological polar surface area (TPSA) is 35.5 Å². The standard InChI is InChI=1S/C13H22O3/c1-6-7-12(13(14)16-11(4)5)15-9-8-10(2)3/h7-8,11H,6,9H2,1-5H3/b12-7+. The normalized spacial score (nSPS) is 11.2. The van der Waals surface area contributed by atoms with Crippen LogP contribution in [0.2, 0.25) is 0 Å². The maximum atomic E-state index is 11.6. The van der Waals surface area contributed by atoms with Gasteiger partial charge in [0.25, 0.3) is 0 Å². The lowest BCUT2D eigenvalue weighted by atomic mass is 10.3. The fourth-order valence-electron chi connectivity index (χ4n) is 0.957. The number of rotatable bonds is 6. The van der Waals surface area contributed by atoms with Crippen LogP contribution in [0.1, 0.15) is 41.0 Å². The number of hydrogen-bond acceptors (Lipinski definition) is 3. The van der Waals surface area contributed by atoms with E-state index in [-0.39, 0.29) is 12.1 Å². The summed E-state index contributed by atoms with van der Waals surface area (Å²) >= 11 is 0. The van der Waals surface area contributed by atoms with Gasteiger partial charge in [-0.25, -0.2) is 4.79 Å². The van der Waals surface area contributed by atoms with Crippen molar-refractivity contribution in [1.82, 2.24) is 0 Å². The number of allylic oxidation sites excluding steroid dienone is 2. The zero-order valence-corrected chi connectivity index (χ0v) is 10.9. The number of carbonyl (C=O) groups excluding carboxylic acids is 1. The number of hydrogen-bond donors (Lipinski definition) is 0. The summed E-state index contributed by atoms with van der Waals surface area (Å²) in [5.74, 6) is -0.0901. The summed E-state index contributed by atoms with van der Waals surface area (Å²) in [5.41, 5.74) is 1.16. The van der Waals surface area contributed by atoms with Gasteiger partial charge in [-0.1, -0.05) is 12.5 Å². The molecule has 0 fully saturated rings. The second kappa shape index (κ2) is 7.97. The average molecular weight is 226 g/mol. The summed E-state index contributed by atoms with van der Waals surface area (Å²) in [5, 5.41) is 0. The van der Waals surface area contributed by atoms with Crippen LogP contribution < -0.4 is 0 Å². The fraction of sp³-hybridized carbons (Fsp3) is 0.615. The van der Waals surface area contributed by atoms with Crippen LogP contribution >= 0.6 is 0 Å². The van der Waals surface area contributed by atoms with Crippen LogP contribution in [0.25, 0.3) is 0 Å². The molecule has 3 nitrogen and oxygen atoms in total. The van der Waals surface area contributed by atoms with Crippen molar-refractivity contribution in [2.24, 2.45) is 0 Å². The summed E-state index contributed by atoms with van der Waals surface area (Å²) in [6, 6.07) is 0. The first-order valence-electron chi connectivity index (χ1n) is 5.64. The van der Waals surface area contributed by atoms with Crippen molar-refractivity contribution in [3.63, 3.8) is 0 Å². The third-order valence-electron chi connectivity index (χ3n) is 1.66. The third kappa shape index (κ3) is 7.10. The van der Waals surface area contributed by atoms with E-state index in [0.717, 1.165) is 12.0 Å². The van der Waals surface area contributed by atoms with Gasteiger partial charge in [0.2, 0.25) is 5.76 Å². The van der Waals surface area contributed by atoms with Crippen LogP contribution in [0.3, 0.4) is 0 Å². The second-order valence-corrected chi connectivity index (χ2v) is 4.02. The van der Waals surface area contributed by atoms with E-state index >= 15 is 0 Å². The molecule has 0 aromatic rings. The van der Waals surface area contributed by atoms with Gasteiger partial charge in [-0.05, 0) is 46.3 Å². The first-order valence-corrected chi connectivity index (χ1v) is 5.64. The molecule has 0 unspecified atom stereocenters. The van der Waals surface area contributed by atoms with Crippen molar-refractivity contribution in [2.45, 2.75) is 47.1 Å². The lowest BCUT2D eigenvalue weighted by Crippen LogP contribution is -2.15. The van der Waals surface area contributed by atoms with Crippen molar-refractivity contribution in [2.75, 3.05) is 6.61 Å². The summed E-state index contributed by atoms with van der Waals surface area (Å²) < 4.78 is 10.4. The Hall–Kier alpha value is -1.25. The molecule has 0 amide bonds. The van der Waals surface area contributed by atoms with Crippen LogP contribution in [-0.2, 0) is 14.3 Å².